The van der Waals surface area contributed by atoms with E-state index in [-0.39, 0.29) is 24.5 Å². The molecular weight excluding hydrogens is 370 g/mol. The number of esters is 1. The summed E-state index contributed by atoms with van der Waals surface area (Å²) in [6.45, 7) is 1.67. The fraction of sp³-hybridized carbons (Fsp3) is 0.273. The van der Waals surface area contributed by atoms with Gasteiger partial charge in [0.1, 0.15) is 5.82 Å². The van der Waals surface area contributed by atoms with Crippen molar-refractivity contribution in [1.29, 1.82) is 0 Å². The number of rotatable bonds is 8. The lowest BCUT2D eigenvalue weighted by Crippen LogP contribution is -2.21. The first kappa shape index (κ1) is 20.3. The molecule has 3 rings (SSSR count). The molecule has 0 radical (unpaired) electrons. The van der Waals surface area contributed by atoms with Gasteiger partial charge in [-0.25, -0.2) is 4.98 Å². The van der Waals surface area contributed by atoms with E-state index >= 15 is 0 Å². The van der Waals surface area contributed by atoms with Crippen molar-refractivity contribution in [3.63, 3.8) is 0 Å². The molecule has 0 aliphatic heterocycles. The van der Waals surface area contributed by atoms with Gasteiger partial charge in [-0.15, -0.1) is 0 Å². The number of aromatic nitrogens is 2. The fourth-order valence-corrected chi connectivity index (χ4v) is 3.01. The van der Waals surface area contributed by atoms with Crippen LogP contribution in [0, 0.1) is 0 Å². The largest absolute Gasteiger partial charge is 0.456 e. The number of ether oxygens (including phenoxy) is 1. The van der Waals surface area contributed by atoms with E-state index in [1.165, 1.54) is 0 Å². The van der Waals surface area contributed by atoms with Gasteiger partial charge in [0.05, 0.1) is 10.9 Å². The van der Waals surface area contributed by atoms with Gasteiger partial charge < -0.3 is 15.0 Å². The Morgan fingerprint density at radius 3 is 2.69 bits per heavy atom. The molecule has 2 aromatic carbocycles. The lowest BCUT2D eigenvalue weighted by Gasteiger charge is -2.10. The summed E-state index contributed by atoms with van der Waals surface area (Å²) in [5, 5.41) is 3.29. The second-order valence-electron chi connectivity index (χ2n) is 6.60. The van der Waals surface area contributed by atoms with Gasteiger partial charge in [0, 0.05) is 18.5 Å². The van der Waals surface area contributed by atoms with Crippen molar-refractivity contribution >= 4 is 28.5 Å². The maximum atomic E-state index is 12.0. The molecule has 0 saturated heterocycles. The number of hydrogen-bond acceptors (Lipinski definition) is 5. The number of para-hydroxylation sites is 2. The molecule has 0 fully saturated rings. The molecule has 0 aliphatic carbocycles. The SMILES string of the molecule is CCc1ccccc1NC(=O)COC(=O)CCCc1nc2ccccc2c(=O)[nH]1. The summed E-state index contributed by atoms with van der Waals surface area (Å²) in [4.78, 5) is 43.1. The first-order valence-corrected chi connectivity index (χ1v) is 9.58. The summed E-state index contributed by atoms with van der Waals surface area (Å²) < 4.78 is 5.04. The zero-order valence-electron chi connectivity index (χ0n) is 16.2. The first-order chi connectivity index (χ1) is 14.1. The zero-order chi connectivity index (χ0) is 20.6. The summed E-state index contributed by atoms with van der Waals surface area (Å²) in [6, 6.07) is 14.6. The summed E-state index contributed by atoms with van der Waals surface area (Å²) in [7, 11) is 0. The molecular formula is C22H23N3O4. The van der Waals surface area contributed by atoms with Crippen LogP contribution in [-0.2, 0) is 27.2 Å². The Balaban J connectivity index is 1.44. The van der Waals surface area contributed by atoms with E-state index in [1.54, 1.807) is 18.2 Å². The standard InChI is InChI=1S/C22H23N3O4/c1-2-15-8-3-5-10-17(15)24-20(26)14-29-21(27)13-7-12-19-23-18-11-6-4-9-16(18)22(28)25-19/h3-6,8-11H,2,7,12-14H2,1H3,(H,24,26)(H,23,25,28). The number of benzene rings is 2. The summed E-state index contributed by atoms with van der Waals surface area (Å²) in [5.41, 5.74) is 2.17. The van der Waals surface area contributed by atoms with Gasteiger partial charge in [0.2, 0.25) is 0 Å². The number of carbonyl (C=O) groups is 2. The molecule has 1 heterocycles. The molecule has 150 valence electrons. The Hall–Kier alpha value is -3.48. The predicted octanol–water partition coefficient (Wildman–Crippen LogP) is 2.99. The fourth-order valence-electron chi connectivity index (χ4n) is 3.01. The number of fused-ring (bicyclic) bond motifs is 1. The van der Waals surface area contributed by atoms with Crippen molar-refractivity contribution < 1.29 is 14.3 Å². The van der Waals surface area contributed by atoms with Crippen LogP contribution < -0.4 is 10.9 Å². The highest BCUT2D eigenvalue weighted by Crippen LogP contribution is 2.15. The maximum absolute atomic E-state index is 12.0. The Kier molecular flexibility index (Phi) is 6.73. The Bertz CT molecular complexity index is 1070. The molecule has 0 atom stereocenters. The summed E-state index contributed by atoms with van der Waals surface area (Å²) >= 11 is 0. The Labute approximate surface area is 168 Å². The minimum atomic E-state index is -0.466. The third kappa shape index (κ3) is 5.51. The van der Waals surface area contributed by atoms with E-state index in [0.29, 0.717) is 29.6 Å². The number of hydrogen-bond donors (Lipinski definition) is 2. The second-order valence-corrected chi connectivity index (χ2v) is 6.60. The average molecular weight is 393 g/mol. The molecule has 7 heteroatoms. The quantitative estimate of drug-likeness (QED) is 0.573. The van der Waals surface area contributed by atoms with Gasteiger partial charge in [0.15, 0.2) is 6.61 Å². The topological polar surface area (TPSA) is 101 Å². The van der Waals surface area contributed by atoms with Crippen LogP contribution in [0.1, 0.15) is 31.2 Å². The van der Waals surface area contributed by atoms with Crippen molar-refractivity contribution in [2.75, 3.05) is 11.9 Å². The van der Waals surface area contributed by atoms with Crippen LogP contribution in [0.15, 0.2) is 53.3 Å². The van der Waals surface area contributed by atoms with Gasteiger partial charge in [-0.3, -0.25) is 14.4 Å². The van der Waals surface area contributed by atoms with E-state index in [1.807, 2.05) is 37.3 Å². The van der Waals surface area contributed by atoms with Gasteiger partial charge in [0.25, 0.3) is 11.5 Å². The number of H-pyrrole nitrogens is 1. The highest BCUT2D eigenvalue weighted by Gasteiger charge is 2.10. The van der Waals surface area contributed by atoms with Crippen molar-refractivity contribution in [1.82, 2.24) is 9.97 Å². The van der Waals surface area contributed by atoms with Crippen LogP contribution in [0.3, 0.4) is 0 Å². The van der Waals surface area contributed by atoms with E-state index in [0.717, 1.165) is 17.7 Å². The minimum Gasteiger partial charge on any atom is -0.456 e. The van der Waals surface area contributed by atoms with E-state index < -0.39 is 5.97 Å². The zero-order valence-corrected chi connectivity index (χ0v) is 16.2. The van der Waals surface area contributed by atoms with Crippen molar-refractivity contribution in [2.24, 2.45) is 0 Å². The number of aryl methyl sites for hydroxylation is 2. The summed E-state index contributed by atoms with van der Waals surface area (Å²) in [5.74, 6) is -0.317. The third-order valence-corrected chi connectivity index (χ3v) is 4.49. The first-order valence-electron chi connectivity index (χ1n) is 9.58. The van der Waals surface area contributed by atoms with Crippen molar-refractivity contribution in [2.45, 2.75) is 32.6 Å². The van der Waals surface area contributed by atoms with Crippen LogP contribution in [0.25, 0.3) is 10.9 Å². The van der Waals surface area contributed by atoms with Gasteiger partial charge >= 0.3 is 5.97 Å². The van der Waals surface area contributed by atoms with Gasteiger partial charge in [-0.05, 0) is 36.6 Å². The normalized spacial score (nSPS) is 10.7. The van der Waals surface area contributed by atoms with Crippen LogP contribution in [-0.4, -0.2) is 28.5 Å². The van der Waals surface area contributed by atoms with Crippen molar-refractivity contribution in [3.05, 3.63) is 70.3 Å². The smallest absolute Gasteiger partial charge is 0.306 e. The molecule has 1 amide bonds. The number of carbonyl (C=O) groups excluding carboxylic acids is 2. The number of nitrogens with zero attached hydrogens (tertiary/aromatic N) is 1. The monoisotopic (exact) mass is 393 g/mol. The molecule has 0 spiro atoms. The molecule has 0 saturated carbocycles. The van der Waals surface area contributed by atoms with Crippen LogP contribution in [0.2, 0.25) is 0 Å². The van der Waals surface area contributed by atoms with Crippen molar-refractivity contribution in [3.8, 4) is 0 Å². The van der Waals surface area contributed by atoms with Gasteiger partial charge in [-0.1, -0.05) is 37.3 Å². The molecule has 1 aromatic heterocycles. The van der Waals surface area contributed by atoms with E-state index in [2.05, 4.69) is 15.3 Å². The molecule has 0 bridgehead atoms. The third-order valence-electron chi connectivity index (χ3n) is 4.49. The lowest BCUT2D eigenvalue weighted by molar-refractivity contribution is -0.147. The highest BCUT2D eigenvalue weighted by molar-refractivity contribution is 5.93. The Morgan fingerprint density at radius 1 is 1.10 bits per heavy atom. The number of amides is 1. The summed E-state index contributed by atoms with van der Waals surface area (Å²) in [6.07, 6.45) is 1.82. The lowest BCUT2D eigenvalue weighted by atomic mass is 10.1. The van der Waals surface area contributed by atoms with Gasteiger partial charge in [-0.2, -0.15) is 0 Å². The van der Waals surface area contributed by atoms with E-state index in [4.69, 9.17) is 4.74 Å². The van der Waals surface area contributed by atoms with E-state index in [9.17, 15) is 14.4 Å². The van der Waals surface area contributed by atoms with Crippen LogP contribution in [0.5, 0.6) is 0 Å². The number of nitrogens with one attached hydrogen (secondary N) is 2. The van der Waals surface area contributed by atoms with Crippen LogP contribution in [0.4, 0.5) is 5.69 Å². The molecule has 7 nitrogen and oxygen atoms in total. The molecule has 29 heavy (non-hydrogen) atoms. The maximum Gasteiger partial charge on any atom is 0.306 e. The second kappa shape index (κ2) is 9.64. The molecule has 2 N–H and O–H groups in total. The molecule has 0 unspecified atom stereocenters. The number of anilines is 1. The molecule has 3 aromatic rings. The molecule has 0 aliphatic rings. The highest BCUT2D eigenvalue weighted by atomic mass is 16.5. The Morgan fingerprint density at radius 2 is 1.86 bits per heavy atom. The number of aromatic amines is 1. The van der Waals surface area contributed by atoms with Crippen LogP contribution >= 0.6 is 0 Å². The minimum absolute atomic E-state index is 0.134. The average Bonchev–Trinajstić information content (AvgIpc) is 2.73. The predicted molar refractivity (Wildman–Crippen MR) is 111 cm³/mol.